The fourth-order valence-corrected chi connectivity index (χ4v) is 2.32. The van der Waals surface area contributed by atoms with Crippen LogP contribution in [-0.4, -0.2) is 35.8 Å². The zero-order valence-electron chi connectivity index (χ0n) is 15.5. The molecule has 2 atom stereocenters. The summed E-state index contributed by atoms with van der Waals surface area (Å²) >= 11 is 0. The van der Waals surface area contributed by atoms with E-state index >= 15 is 0 Å². The lowest BCUT2D eigenvalue weighted by Crippen LogP contribution is -2.52. The summed E-state index contributed by atoms with van der Waals surface area (Å²) in [5.41, 5.74) is 0.877. The number of rotatable bonds is 9. The van der Waals surface area contributed by atoms with Gasteiger partial charge in [-0.15, -0.1) is 0 Å². The first kappa shape index (κ1) is 21.0. The normalized spacial score (nSPS) is 13.4. The van der Waals surface area contributed by atoms with Crippen LogP contribution in [0, 0.1) is 11.8 Å². The molecule has 0 aliphatic heterocycles. The van der Waals surface area contributed by atoms with Gasteiger partial charge in [0, 0.05) is 0 Å². The smallest absolute Gasteiger partial charge is 0.408 e. The van der Waals surface area contributed by atoms with Gasteiger partial charge in [0.1, 0.15) is 12.6 Å². The summed E-state index contributed by atoms with van der Waals surface area (Å²) in [6.07, 6.45) is -0.141. The summed E-state index contributed by atoms with van der Waals surface area (Å²) in [6, 6.07) is 8.30. The molecule has 1 rings (SSSR count). The van der Waals surface area contributed by atoms with E-state index in [-0.39, 0.29) is 37.0 Å². The van der Waals surface area contributed by atoms with Crippen molar-refractivity contribution in [2.45, 2.75) is 52.8 Å². The predicted octanol–water partition coefficient (Wildman–Crippen LogP) is 2.46. The van der Waals surface area contributed by atoms with Gasteiger partial charge < -0.3 is 20.5 Å². The number of carbonyl (C=O) groups excluding carboxylic acids is 2. The molecule has 2 amide bonds. The van der Waals surface area contributed by atoms with Crippen LogP contribution in [0.4, 0.5) is 4.79 Å². The third kappa shape index (κ3) is 8.03. The first-order valence-electron chi connectivity index (χ1n) is 8.72. The van der Waals surface area contributed by atoms with Crippen LogP contribution in [0.5, 0.6) is 0 Å². The van der Waals surface area contributed by atoms with Crippen LogP contribution >= 0.6 is 0 Å². The number of aliphatic hydroxyl groups is 1. The molecule has 0 aliphatic rings. The van der Waals surface area contributed by atoms with Crippen molar-refractivity contribution in [1.29, 1.82) is 0 Å². The highest BCUT2D eigenvalue weighted by atomic mass is 16.5. The molecule has 25 heavy (non-hydrogen) atoms. The number of alkyl carbamates (subject to hydrolysis) is 1. The number of nitrogens with one attached hydrogen (secondary N) is 2. The summed E-state index contributed by atoms with van der Waals surface area (Å²) in [4.78, 5) is 24.5. The van der Waals surface area contributed by atoms with Crippen LogP contribution in [0.1, 0.15) is 39.7 Å². The molecule has 0 aromatic heterocycles. The highest BCUT2D eigenvalue weighted by Gasteiger charge is 2.25. The Morgan fingerprint density at radius 1 is 1.08 bits per heavy atom. The van der Waals surface area contributed by atoms with Crippen molar-refractivity contribution >= 4 is 12.0 Å². The average molecular weight is 350 g/mol. The topological polar surface area (TPSA) is 87.7 Å². The van der Waals surface area contributed by atoms with E-state index in [1.54, 1.807) is 0 Å². The molecule has 3 N–H and O–H groups in total. The fraction of sp³-hybridized carbons (Fsp3) is 0.579. The number of benzene rings is 1. The van der Waals surface area contributed by atoms with Crippen LogP contribution in [0.25, 0.3) is 0 Å². The van der Waals surface area contributed by atoms with Gasteiger partial charge in [0.15, 0.2) is 0 Å². The highest BCUT2D eigenvalue weighted by Crippen LogP contribution is 2.08. The molecule has 0 bridgehead atoms. The lowest BCUT2D eigenvalue weighted by atomic mass is 10.0. The fourth-order valence-electron chi connectivity index (χ4n) is 2.32. The van der Waals surface area contributed by atoms with Gasteiger partial charge in [0.25, 0.3) is 0 Å². The van der Waals surface area contributed by atoms with Crippen molar-refractivity contribution in [2.24, 2.45) is 11.8 Å². The Balaban J connectivity index is 2.61. The second-order valence-electron chi connectivity index (χ2n) is 6.93. The zero-order valence-corrected chi connectivity index (χ0v) is 15.5. The van der Waals surface area contributed by atoms with Crippen LogP contribution in [-0.2, 0) is 16.1 Å². The molecule has 0 radical (unpaired) electrons. The summed E-state index contributed by atoms with van der Waals surface area (Å²) in [6.45, 7) is 7.79. The van der Waals surface area contributed by atoms with Crippen molar-refractivity contribution in [3.05, 3.63) is 35.9 Å². The largest absolute Gasteiger partial charge is 0.445 e. The quantitative estimate of drug-likeness (QED) is 0.638. The van der Waals surface area contributed by atoms with E-state index in [4.69, 9.17) is 4.74 Å². The summed E-state index contributed by atoms with van der Waals surface area (Å²) in [5, 5.41) is 14.8. The van der Waals surface area contributed by atoms with E-state index in [2.05, 4.69) is 10.6 Å². The van der Waals surface area contributed by atoms with Crippen LogP contribution in [0.2, 0.25) is 0 Å². The Kier molecular flexibility index (Phi) is 8.99. The first-order chi connectivity index (χ1) is 11.8. The lowest BCUT2D eigenvalue weighted by Gasteiger charge is -2.25. The van der Waals surface area contributed by atoms with Crippen molar-refractivity contribution in [3.63, 3.8) is 0 Å². The second kappa shape index (κ2) is 10.7. The summed E-state index contributed by atoms with van der Waals surface area (Å²) in [5.74, 6) is 0.00796. The summed E-state index contributed by atoms with van der Waals surface area (Å²) in [7, 11) is 0. The summed E-state index contributed by atoms with van der Waals surface area (Å²) < 4.78 is 5.19. The van der Waals surface area contributed by atoms with Gasteiger partial charge >= 0.3 is 6.09 Å². The molecule has 0 heterocycles. The third-order valence-electron chi connectivity index (χ3n) is 3.86. The Labute approximate surface area is 150 Å². The molecule has 6 nitrogen and oxygen atoms in total. The van der Waals surface area contributed by atoms with Crippen molar-refractivity contribution in [3.8, 4) is 0 Å². The zero-order chi connectivity index (χ0) is 18.8. The molecular formula is C19H30N2O4. The number of carbonyl (C=O) groups is 2. The molecule has 1 aromatic carbocycles. The minimum absolute atomic E-state index is 0.0960. The van der Waals surface area contributed by atoms with E-state index in [1.165, 1.54) is 0 Å². The standard InChI is InChI=1S/C19H30N2O4/c1-13(2)10-16(18(23)20-17(11-22)14(3)4)21-19(24)25-12-15-8-6-5-7-9-15/h5-9,13-14,16-17,22H,10-12H2,1-4H3,(H,20,23)(H,21,24)/t16-,17?/m0/s1. The van der Waals surface area contributed by atoms with Crippen molar-refractivity contribution in [2.75, 3.05) is 6.61 Å². The first-order valence-corrected chi connectivity index (χ1v) is 8.72. The van der Waals surface area contributed by atoms with Gasteiger partial charge in [-0.1, -0.05) is 58.0 Å². The predicted molar refractivity (Wildman–Crippen MR) is 96.9 cm³/mol. The Morgan fingerprint density at radius 2 is 1.72 bits per heavy atom. The Bertz CT molecular complexity index is 531. The molecule has 6 heteroatoms. The molecule has 1 aromatic rings. The minimum Gasteiger partial charge on any atom is -0.445 e. The van der Waals surface area contributed by atoms with Crippen molar-refractivity contribution < 1.29 is 19.4 Å². The molecule has 0 fully saturated rings. The molecule has 0 saturated carbocycles. The highest BCUT2D eigenvalue weighted by molar-refractivity contribution is 5.85. The molecule has 140 valence electrons. The van der Waals surface area contributed by atoms with Crippen LogP contribution in [0.15, 0.2) is 30.3 Å². The second-order valence-corrected chi connectivity index (χ2v) is 6.93. The number of hydrogen-bond donors (Lipinski definition) is 3. The minimum atomic E-state index is -0.698. The van der Waals surface area contributed by atoms with E-state index in [0.717, 1.165) is 5.56 Å². The molecule has 0 spiro atoms. The van der Waals surface area contributed by atoms with Gasteiger partial charge in [0.05, 0.1) is 12.6 Å². The van der Waals surface area contributed by atoms with Crippen LogP contribution in [0.3, 0.4) is 0 Å². The SMILES string of the molecule is CC(C)C[C@H](NC(=O)OCc1ccccc1)C(=O)NC(CO)C(C)C. The monoisotopic (exact) mass is 350 g/mol. The Hall–Kier alpha value is -2.08. The van der Waals surface area contributed by atoms with E-state index in [0.29, 0.717) is 6.42 Å². The Morgan fingerprint density at radius 3 is 2.24 bits per heavy atom. The van der Waals surface area contributed by atoms with Gasteiger partial charge in [-0.3, -0.25) is 4.79 Å². The van der Waals surface area contributed by atoms with Gasteiger partial charge in [-0.05, 0) is 23.8 Å². The molecule has 1 unspecified atom stereocenters. The maximum atomic E-state index is 12.5. The van der Waals surface area contributed by atoms with E-state index < -0.39 is 12.1 Å². The van der Waals surface area contributed by atoms with Gasteiger partial charge in [-0.25, -0.2) is 4.79 Å². The maximum absolute atomic E-state index is 12.5. The average Bonchev–Trinajstić information content (AvgIpc) is 2.57. The van der Waals surface area contributed by atoms with E-state index in [1.807, 2.05) is 58.0 Å². The molecule has 0 aliphatic carbocycles. The van der Waals surface area contributed by atoms with Gasteiger partial charge in [-0.2, -0.15) is 0 Å². The molecular weight excluding hydrogens is 320 g/mol. The number of ether oxygens (including phenoxy) is 1. The maximum Gasteiger partial charge on any atom is 0.408 e. The third-order valence-corrected chi connectivity index (χ3v) is 3.86. The van der Waals surface area contributed by atoms with E-state index in [9.17, 15) is 14.7 Å². The van der Waals surface area contributed by atoms with Gasteiger partial charge in [0.2, 0.25) is 5.91 Å². The number of amides is 2. The molecule has 0 saturated heterocycles. The number of hydrogen-bond acceptors (Lipinski definition) is 4. The van der Waals surface area contributed by atoms with Crippen LogP contribution < -0.4 is 10.6 Å². The number of aliphatic hydroxyl groups excluding tert-OH is 1. The lowest BCUT2D eigenvalue weighted by molar-refractivity contribution is -0.124. The van der Waals surface area contributed by atoms with Crippen molar-refractivity contribution in [1.82, 2.24) is 10.6 Å².